The third kappa shape index (κ3) is 3.87. The topological polar surface area (TPSA) is 88.2 Å². The number of oxime groups is 1. The number of rotatable bonds is 4. The van der Waals surface area contributed by atoms with Gasteiger partial charge < -0.3 is 20.6 Å². The van der Waals surface area contributed by atoms with Gasteiger partial charge in [-0.3, -0.25) is 4.79 Å². The van der Waals surface area contributed by atoms with Crippen LogP contribution in [-0.4, -0.2) is 42.0 Å². The summed E-state index contributed by atoms with van der Waals surface area (Å²) in [7, 11) is 1.62. The van der Waals surface area contributed by atoms with Crippen LogP contribution in [0.3, 0.4) is 0 Å². The second kappa shape index (κ2) is 6.97. The molecule has 1 aliphatic heterocycles. The van der Waals surface area contributed by atoms with E-state index < -0.39 is 0 Å². The molecule has 1 heterocycles. The first kappa shape index (κ1) is 15.2. The fourth-order valence-corrected chi connectivity index (χ4v) is 2.54. The van der Waals surface area contributed by atoms with E-state index in [1.54, 1.807) is 7.11 Å². The Balaban J connectivity index is 1.87. The van der Waals surface area contributed by atoms with Gasteiger partial charge in [0.15, 0.2) is 0 Å². The number of benzene rings is 1. The van der Waals surface area contributed by atoms with Gasteiger partial charge in [0.25, 0.3) is 0 Å². The van der Waals surface area contributed by atoms with Gasteiger partial charge in [-0.2, -0.15) is 0 Å². The molecule has 1 aliphatic rings. The van der Waals surface area contributed by atoms with Gasteiger partial charge in [0.05, 0.1) is 13.5 Å². The van der Waals surface area contributed by atoms with E-state index >= 15 is 0 Å². The lowest BCUT2D eigenvalue weighted by Crippen LogP contribution is -2.42. The monoisotopic (exact) mass is 291 g/mol. The minimum atomic E-state index is 0.0695. The van der Waals surface area contributed by atoms with Crippen LogP contribution in [0.4, 0.5) is 0 Å². The highest BCUT2D eigenvalue weighted by atomic mass is 16.5. The highest BCUT2D eigenvalue weighted by molar-refractivity contribution is 5.83. The molecule has 1 aromatic rings. The molecule has 114 valence electrons. The lowest BCUT2D eigenvalue weighted by Gasteiger charge is -2.31. The summed E-state index contributed by atoms with van der Waals surface area (Å²) in [6, 6.07) is 7.51. The smallest absolute Gasteiger partial charge is 0.226 e. The number of carbonyl (C=O) groups is 1. The van der Waals surface area contributed by atoms with Crippen LogP contribution in [0, 0.1) is 5.92 Å². The largest absolute Gasteiger partial charge is 0.497 e. The van der Waals surface area contributed by atoms with Crippen LogP contribution >= 0.6 is 0 Å². The molecular formula is C15H21N3O3. The maximum Gasteiger partial charge on any atom is 0.226 e. The molecule has 6 heteroatoms. The molecule has 2 rings (SSSR count). The summed E-state index contributed by atoms with van der Waals surface area (Å²) in [4.78, 5) is 14.1. The molecular weight excluding hydrogens is 270 g/mol. The quantitative estimate of drug-likeness (QED) is 0.378. The van der Waals surface area contributed by atoms with Gasteiger partial charge in [0.2, 0.25) is 5.91 Å². The first-order valence-corrected chi connectivity index (χ1v) is 7.02. The second-order valence-electron chi connectivity index (χ2n) is 5.20. The second-order valence-corrected chi connectivity index (χ2v) is 5.20. The average Bonchev–Trinajstić information content (AvgIpc) is 2.55. The Hall–Kier alpha value is -2.24. The third-order valence-corrected chi connectivity index (χ3v) is 3.90. The molecule has 1 aromatic carbocycles. The van der Waals surface area contributed by atoms with Gasteiger partial charge in [-0.25, -0.2) is 0 Å². The SMILES string of the molecule is COc1ccc(CC(=O)N2CCC(C(N)=NO)CC2)cc1. The van der Waals surface area contributed by atoms with Gasteiger partial charge in [-0.05, 0) is 30.5 Å². The van der Waals surface area contributed by atoms with E-state index in [-0.39, 0.29) is 17.7 Å². The Morgan fingerprint density at radius 2 is 2.00 bits per heavy atom. The Labute approximate surface area is 124 Å². The van der Waals surface area contributed by atoms with Crippen LogP contribution < -0.4 is 10.5 Å². The fourth-order valence-electron chi connectivity index (χ4n) is 2.54. The molecule has 6 nitrogen and oxygen atoms in total. The minimum absolute atomic E-state index is 0.0695. The Bertz CT molecular complexity index is 505. The van der Waals surface area contributed by atoms with Crippen molar-refractivity contribution >= 4 is 11.7 Å². The number of nitrogens with two attached hydrogens (primary N) is 1. The van der Waals surface area contributed by atoms with Gasteiger partial charge in [-0.15, -0.1) is 0 Å². The predicted molar refractivity (Wildman–Crippen MR) is 79.4 cm³/mol. The van der Waals surface area contributed by atoms with Crippen molar-refractivity contribution in [3.8, 4) is 5.75 Å². The first-order valence-electron chi connectivity index (χ1n) is 7.02. The normalized spacial score (nSPS) is 16.8. The number of amides is 1. The highest BCUT2D eigenvalue weighted by Gasteiger charge is 2.25. The zero-order chi connectivity index (χ0) is 15.2. The summed E-state index contributed by atoms with van der Waals surface area (Å²) in [6.07, 6.45) is 1.87. The number of amidine groups is 1. The number of hydrogen-bond donors (Lipinski definition) is 2. The lowest BCUT2D eigenvalue weighted by atomic mass is 9.95. The number of hydrogen-bond acceptors (Lipinski definition) is 4. The Morgan fingerprint density at radius 1 is 1.38 bits per heavy atom. The number of methoxy groups -OCH3 is 1. The van der Waals surface area contributed by atoms with Crippen LogP contribution in [0.25, 0.3) is 0 Å². The van der Waals surface area contributed by atoms with E-state index in [1.165, 1.54) is 0 Å². The van der Waals surface area contributed by atoms with Crippen molar-refractivity contribution in [1.82, 2.24) is 4.90 Å². The first-order chi connectivity index (χ1) is 10.1. The number of likely N-dealkylation sites (tertiary alicyclic amines) is 1. The molecule has 0 saturated carbocycles. The van der Waals surface area contributed by atoms with Gasteiger partial charge in [-0.1, -0.05) is 17.3 Å². The van der Waals surface area contributed by atoms with Crippen LogP contribution in [0.1, 0.15) is 18.4 Å². The van der Waals surface area contributed by atoms with E-state index in [9.17, 15) is 4.79 Å². The minimum Gasteiger partial charge on any atom is -0.497 e. The zero-order valence-electron chi connectivity index (χ0n) is 12.2. The predicted octanol–water partition coefficient (Wildman–Crippen LogP) is 1.22. The molecule has 0 radical (unpaired) electrons. The lowest BCUT2D eigenvalue weighted by molar-refractivity contribution is -0.131. The number of ether oxygens (including phenoxy) is 1. The molecule has 1 saturated heterocycles. The molecule has 3 N–H and O–H groups in total. The van der Waals surface area contributed by atoms with Crippen molar-refractivity contribution in [2.45, 2.75) is 19.3 Å². The van der Waals surface area contributed by atoms with Crippen LogP contribution in [0.5, 0.6) is 5.75 Å². The molecule has 0 aliphatic carbocycles. The van der Waals surface area contributed by atoms with Crippen molar-refractivity contribution in [2.24, 2.45) is 16.8 Å². The van der Waals surface area contributed by atoms with Crippen LogP contribution in [-0.2, 0) is 11.2 Å². The standard InChI is InChI=1S/C15H21N3O3/c1-21-13-4-2-11(3-5-13)10-14(19)18-8-6-12(7-9-18)15(16)17-20/h2-5,12,20H,6-10H2,1H3,(H2,16,17). The number of nitrogens with zero attached hydrogens (tertiary/aromatic N) is 2. The van der Waals surface area contributed by atoms with Crippen molar-refractivity contribution in [3.05, 3.63) is 29.8 Å². The maximum atomic E-state index is 12.3. The van der Waals surface area contributed by atoms with Crippen molar-refractivity contribution in [3.63, 3.8) is 0 Å². The molecule has 0 spiro atoms. The summed E-state index contributed by atoms with van der Waals surface area (Å²) >= 11 is 0. The van der Waals surface area contributed by atoms with Crippen LogP contribution in [0.15, 0.2) is 29.4 Å². The Morgan fingerprint density at radius 3 is 2.52 bits per heavy atom. The molecule has 21 heavy (non-hydrogen) atoms. The van der Waals surface area contributed by atoms with E-state index in [0.29, 0.717) is 19.5 Å². The molecule has 0 unspecified atom stereocenters. The maximum absolute atomic E-state index is 12.3. The molecule has 1 amide bonds. The van der Waals surface area contributed by atoms with Gasteiger partial charge >= 0.3 is 0 Å². The third-order valence-electron chi connectivity index (χ3n) is 3.90. The van der Waals surface area contributed by atoms with Gasteiger partial charge in [0, 0.05) is 19.0 Å². The Kier molecular flexibility index (Phi) is 5.03. The summed E-state index contributed by atoms with van der Waals surface area (Å²) < 4.78 is 5.10. The summed E-state index contributed by atoms with van der Waals surface area (Å²) in [5.74, 6) is 1.22. The van der Waals surface area contributed by atoms with E-state index in [1.807, 2.05) is 29.2 Å². The highest BCUT2D eigenvalue weighted by Crippen LogP contribution is 2.19. The van der Waals surface area contributed by atoms with E-state index in [2.05, 4.69) is 5.16 Å². The van der Waals surface area contributed by atoms with Crippen molar-refractivity contribution in [1.29, 1.82) is 0 Å². The summed E-state index contributed by atoms with van der Waals surface area (Å²) in [5.41, 5.74) is 6.58. The van der Waals surface area contributed by atoms with Crippen molar-refractivity contribution in [2.75, 3.05) is 20.2 Å². The summed E-state index contributed by atoms with van der Waals surface area (Å²) in [6.45, 7) is 1.30. The molecule has 1 fully saturated rings. The molecule has 0 atom stereocenters. The number of carbonyl (C=O) groups excluding carboxylic acids is 1. The van der Waals surface area contributed by atoms with Gasteiger partial charge in [0.1, 0.15) is 11.6 Å². The van der Waals surface area contributed by atoms with Crippen LogP contribution in [0.2, 0.25) is 0 Å². The zero-order valence-corrected chi connectivity index (χ0v) is 12.2. The van der Waals surface area contributed by atoms with E-state index in [4.69, 9.17) is 15.7 Å². The molecule has 0 bridgehead atoms. The molecule has 0 aromatic heterocycles. The summed E-state index contributed by atoms with van der Waals surface area (Å²) in [5, 5.41) is 11.7. The average molecular weight is 291 g/mol. The van der Waals surface area contributed by atoms with E-state index in [0.717, 1.165) is 24.2 Å². The number of piperidine rings is 1. The van der Waals surface area contributed by atoms with Crippen molar-refractivity contribution < 1.29 is 14.7 Å². The fraction of sp³-hybridized carbons (Fsp3) is 0.467.